The summed E-state index contributed by atoms with van der Waals surface area (Å²) >= 11 is 0. The highest BCUT2D eigenvalue weighted by molar-refractivity contribution is 5.83. The van der Waals surface area contributed by atoms with Crippen molar-refractivity contribution in [2.45, 2.75) is 180 Å². The van der Waals surface area contributed by atoms with E-state index >= 15 is 0 Å². The molecule has 6 unspecified atom stereocenters. The van der Waals surface area contributed by atoms with Crippen LogP contribution in [-0.4, -0.2) is 28.2 Å². The van der Waals surface area contributed by atoms with E-state index in [0.29, 0.717) is 33.4 Å². The molecule has 2 spiro atoms. The maximum atomic E-state index is 12.6. The number of Topliss-reactive ketones (excluding diaryl/α,β-unsaturated/α-hetero) is 1. The fraction of sp³-hybridized carbons (Fsp3) is 0.933. The van der Waals surface area contributed by atoms with Crippen LogP contribution < -0.4 is 0 Å². The van der Waals surface area contributed by atoms with E-state index in [1.807, 2.05) is 0 Å². The summed E-state index contributed by atoms with van der Waals surface area (Å²) in [6.45, 7) is 9.69. The van der Waals surface area contributed by atoms with Crippen LogP contribution >= 0.6 is 0 Å². The van der Waals surface area contributed by atoms with Gasteiger partial charge in [-0.2, -0.15) is 0 Å². The number of fused-ring (bicyclic) bond motifs is 8. The van der Waals surface area contributed by atoms with E-state index in [1.165, 1.54) is 116 Å². The smallest absolute Gasteiger partial charge is 0.136 e. The number of hydrogen-bond donors (Lipinski definition) is 2. The van der Waals surface area contributed by atoms with Crippen molar-refractivity contribution >= 4 is 5.78 Å². The number of carbonyl (C=O) groups excluding carboxylic acids is 1. The van der Waals surface area contributed by atoms with Gasteiger partial charge in [-0.25, -0.2) is 0 Å². The zero-order valence-electron chi connectivity index (χ0n) is 30.9. The minimum atomic E-state index is -0.0404. The van der Waals surface area contributed by atoms with Gasteiger partial charge >= 0.3 is 0 Å². The molecule has 16 atom stereocenters. The maximum Gasteiger partial charge on any atom is 0.136 e. The lowest BCUT2D eigenvalue weighted by Crippen LogP contribution is -2.55. The molecule has 0 saturated heterocycles. The first-order chi connectivity index (χ1) is 23.1. The molecule has 0 bridgehead atoms. The van der Waals surface area contributed by atoms with Crippen LogP contribution in [0.15, 0.2) is 12.2 Å². The first kappa shape index (κ1) is 33.2. The number of rotatable bonds is 0. The van der Waals surface area contributed by atoms with Gasteiger partial charge in [-0.3, -0.25) is 4.79 Å². The van der Waals surface area contributed by atoms with Crippen molar-refractivity contribution < 1.29 is 15.0 Å². The topological polar surface area (TPSA) is 57.5 Å². The van der Waals surface area contributed by atoms with Crippen molar-refractivity contribution in [3.05, 3.63) is 12.2 Å². The molecule has 10 saturated carbocycles. The van der Waals surface area contributed by atoms with E-state index in [9.17, 15) is 15.0 Å². The standard InChI is InChI=1S/C23H36O.C22H34O2/c1-15-4-3-11-23-13-10-20-18(21(23)8-7-19(15)23)6-5-16-14-17(24)9-12-22(16,20)2;1-21-11-8-15(23)13-14(21)4-5-16-17(21)9-12-22-10-2-3-20(24)19(22)7-6-18(16)22/h16-21,24H,1,3-14H2,2H3;14-19,23H,2-13H2,1H3/t16-,17+,18?,19+,20?,21?,22-,23+;14-,15+,16?,17?,18?,19+,21-,22-/m00/s1. The number of aliphatic hydroxyl groups is 2. The van der Waals surface area contributed by atoms with E-state index in [4.69, 9.17) is 0 Å². The summed E-state index contributed by atoms with van der Waals surface area (Å²) in [6.07, 6.45) is 31.0. The Hall–Kier alpha value is -0.670. The van der Waals surface area contributed by atoms with Crippen LogP contribution in [0.2, 0.25) is 0 Å². The lowest BCUT2D eigenvalue weighted by molar-refractivity contribution is -0.149. The van der Waals surface area contributed by atoms with Gasteiger partial charge in [0.15, 0.2) is 0 Å². The maximum absolute atomic E-state index is 12.6. The molecule has 48 heavy (non-hydrogen) atoms. The largest absolute Gasteiger partial charge is 0.393 e. The summed E-state index contributed by atoms with van der Waals surface area (Å²) in [7, 11) is 0. The van der Waals surface area contributed by atoms with Gasteiger partial charge in [-0.05, 0) is 223 Å². The van der Waals surface area contributed by atoms with Crippen molar-refractivity contribution in [1.82, 2.24) is 0 Å². The molecule has 0 heterocycles. The summed E-state index contributed by atoms with van der Waals surface area (Å²) < 4.78 is 0. The predicted octanol–water partition coefficient (Wildman–Crippen LogP) is 10.5. The minimum absolute atomic E-state index is 0.00733. The van der Waals surface area contributed by atoms with E-state index in [1.54, 1.807) is 5.57 Å². The average Bonchev–Trinajstić information content (AvgIpc) is 3.67. The number of aliphatic hydroxyl groups excluding tert-OH is 2. The molecule has 10 fully saturated rings. The zero-order valence-corrected chi connectivity index (χ0v) is 30.9. The summed E-state index contributed by atoms with van der Waals surface area (Å²) in [5.41, 5.74) is 3.69. The average molecular weight is 659 g/mol. The highest BCUT2D eigenvalue weighted by Gasteiger charge is 2.64. The minimum Gasteiger partial charge on any atom is -0.393 e. The SMILES string of the molecule is C=C1CCC[C@]23CCC4C(CC[C@H]5C[C@H](O)CC[C@]45C)C2CC[C@H]13.C[C@]12CC[C@@H](O)C[C@@H]1CCC1C3CC[C@@H]4C(=O)CCC[C@]34CCC12. The van der Waals surface area contributed by atoms with Gasteiger partial charge in [0.05, 0.1) is 12.2 Å². The Labute approximate surface area is 293 Å². The Bertz CT molecular complexity index is 1180. The van der Waals surface area contributed by atoms with Gasteiger partial charge in [-0.15, -0.1) is 0 Å². The van der Waals surface area contributed by atoms with E-state index in [2.05, 4.69) is 20.4 Å². The van der Waals surface area contributed by atoms with E-state index < -0.39 is 0 Å². The molecule has 0 aromatic carbocycles. The Kier molecular flexibility index (Phi) is 8.25. The number of ketones is 1. The van der Waals surface area contributed by atoms with Gasteiger partial charge in [0.1, 0.15) is 5.78 Å². The molecule has 10 aliphatic rings. The second-order valence-corrected chi connectivity index (χ2v) is 20.8. The van der Waals surface area contributed by atoms with Crippen LogP contribution in [0.5, 0.6) is 0 Å². The Balaban J connectivity index is 0.000000131. The van der Waals surface area contributed by atoms with Gasteiger partial charge in [0.2, 0.25) is 0 Å². The second-order valence-electron chi connectivity index (χ2n) is 20.8. The van der Waals surface area contributed by atoms with Gasteiger partial charge in [-0.1, -0.05) is 26.0 Å². The highest BCUT2D eigenvalue weighted by atomic mass is 16.3. The summed E-state index contributed by atoms with van der Waals surface area (Å²) in [4.78, 5) is 12.6. The fourth-order valence-corrected chi connectivity index (χ4v) is 17.7. The predicted molar refractivity (Wildman–Crippen MR) is 193 cm³/mol. The number of carbonyl (C=O) groups is 1. The Morgan fingerprint density at radius 2 is 1.04 bits per heavy atom. The Morgan fingerprint density at radius 1 is 0.542 bits per heavy atom. The summed E-state index contributed by atoms with van der Waals surface area (Å²) in [5, 5.41) is 20.3. The monoisotopic (exact) mass is 659 g/mol. The first-order valence-corrected chi connectivity index (χ1v) is 21.7. The summed E-state index contributed by atoms with van der Waals surface area (Å²) in [6, 6.07) is 0. The van der Waals surface area contributed by atoms with Gasteiger partial charge in [0, 0.05) is 12.3 Å². The molecule has 0 aromatic rings. The van der Waals surface area contributed by atoms with Crippen molar-refractivity contribution in [2.75, 3.05) is 0 Å². The van der Waals surface area contributed by atoms with Crippen molar-refractivity contribution in [1.29, 1.82) is 0 Å². The van der Waals surface area contributed by atoms with Crippen LogP contribution in [0.3, 0.4) is 0 Å². The molecule has 0 amide bonds. The summed E-state index contributed by atoms with van der Waals surface area (Å²) in [5.74, 6) is 9.00. The lowest BCUT2D eigenvalue weighted by Gasteiger charge is -2.62. The van der Waals surface area contributed by atoms with Gasteiger partial charge < -0.3 is 10.2 Å². The molecule has 3 heteroatoms. The Morgan fingerprint density at radius 3 is 1.60 bits per heavy atom. The van der Waals surface area contributed by atoms with Crippen molar-refractivity contribution in [3.8, 4) is 0 Å². The quantitative estimate of drug-likeness (QED) is 0.255. The van der Waals surface area contributed by atoms with Crippen LogP contribution in [0.4, 0.5) is 0 Å². The third kappa shape index (κ3) is 4.72. The normalized spacial score (nSPS) is 56.8. The van der Waals surface area contributed by atoms with Crippen molar-refractivity contribution in [3.63, 3.8) is 0 Å². The van der Waals surface area contributed by atoms with Crippen molar-refractivity contribution in [2.24, 2.45) is 80.8 Å². The van der Waals surface area contributed by atoms with Crippen LogP contribution in [0.25, 0.3) is 0 Å². The molecule has 268 valence electrons. The highest BCUT2D eigenvalue weighted by Crippen LogP contribution is 2.72. The molecule has 10 rings (SSSR count). The molecule has 2 N–H and O–H groups in total. The molecule has 0 aromatic heterocycles. The molecule has 3 nitrogen and oxygen atoms in total. The molecule has 10 aliphatic carbocycles. The zero-order chi connectivity index (χ0) is 33.1. The van der Waals surface area contributed by atoms with Crippen LogP contribution in [0, 0.1) is 80.8 Å². The van der Waals surface area contributed by atoms with Crippen LogP contribution in [0.1, 0.15) is 168 Å². The second kappa shape index (κ2) is 11.9. The number of hydrogen-bond acceptors (Lipinski definition) is 3. The first-order valence-electron chi connectivity index (χ1n) is 21.7. The molecular weight excluding hydrogens is 588 g/mol. The van der Waals surface area contributed by atoms with E-state index in [0.717, 1.165) is 91.8 Å². The molecule has 0 radical (unpaired) electrons. The fourth-order valence-electron chi connectivity index (χ4n) is 17.7. The molecular formula is C45H70O3. The lowest BCUT2D eigenvalue weighted by atomic mass is 9.43. The van der Waals surface area contributed by atoms with Crippen LogP contribution in [-0.2, 0) is 4.79 Å². The third-order valence-corrected chi connectivity index (χ3v) is 19.8. The molecule has 0 aliphatic heterocycles. The third-order valence-electron chi connectivity index (χ3n) is 19.8. The van der Waals surface area contributed by atoms with Gasteiger partial charge in [0.25, 0.3) is 0 Å². The van der Waals surface area contributed by atoms with E-state index in [-0.39, 0.29) is 12.2 Å². The number of allylic oxidation sites excluding steroid dienone is 1.